The first-order valence-electron chi connectivity index (χ1n) is 11.0. The smallest absolute Gasteiger partial charge is 0.325 e. The van der Waals surface area contributed by atoms with Gasteiger partial charge in [0.1, 0.15) is 12.0 Å². The van der Waals surface area contributed by atoms with Gasteiger partial charge in [0.05, 0.1) is 24.5 Å². The molecule has 0 atom stereocenters. The van der Waals surface area contributed by atoms with E-state index in [1.807, 2.05) is 24.3 Å². The van der Waals surface area contributed by atoms with Gasteiger partial charge in [0.2, 0.25) is 5.89 Å². The molecule has 0 amide bonds. The Bertz CT molecular complexity index is 973. The van der Waals surface area contributed by atoms with Crippen LogP contribution in [0.25, 0.3) is 11.5 Å². The quantitative estimate of drug-likeness (QED) is 0.236. The fourth-order valence-electron chi connectivity index (χ4n) is 3.41. The molecule has 0 fully saturated rings. The molecule has 0 aliphatic rings. The highest BCUT2D eigenvalue weighted by Gasteiger charge is 2.13. The number of aromatic nitrogens is 1. The topological polar surface area (TPSA) is 105 Å². The first-order valence-corrected chi connectivity index (χ1v) is 12.8. The zero-order chi connectivity index (χ0) is 22.7. The van der Waals surface area contributed by atoms with Crippen molar-refractivity contribution < 1.29 is 23.5 Å². The van der Waals surface area contributed by atoms with Crippen molar-refractivity contribution in [3.63, 3.8) is 0 Å². The second-order valence-electron chi connectivity index (χ2n) is 7.73. The number of oxazole rings is 1. The SMILES string of the molecule is O=P(O)(O)CCCNCc1ccc(OCCCCCc2ccccc2)c(-c2ncco2)c1. The Hall–Kier alpha value is -2.44. The van der Waals surface area contributed by atoms with Gasteiger partial charge in [-0.1, -0.05) is 36.4 Å². The van der Waals surface area contributed by atoms with Crippen LogP contribution in [-0.2, 0) is 17.5 Å². The van der Waals surface area contributed by atoms with Gasteiger partial charge in [0.15, 0.2) is 0 Å². The van der Waals surface area contributed by atoms with E-state index in [0.717, 1.165) is 42.6 Å². The standard InChI is InChI=1S/C24H31N2O5P/c27-32(28,29)17-7-13-25-19-21-11-12-23(22(18-21)24-26-14-16-31-24)30-15-6-2-5-10-20-8-3-1-4-9-20/h1,3-4,8-9,11-12,14,16,18,25H,2,5-7,10,13,15,17,19H2,(H2,27,28,29). The molecule has 3 aromatic rings. The molecule has 8 heteroatoms. The minimum Gasteiger partial charge on any atom is -0.493 e. The number of unbranched alkanes of at least 4 members (excludes halogenated alkanes) is 2. The Morgan fingerprint density at radius 3 is 2.59 bits per heavy atom. The van der Waals surface area contributed by atoms with Crippen LogP contribution in [0.2, 0.25) is 0 Å². The van der Waals surface area contributed by atoms with Crippen molar-refractivity contribution in [1.82, 2.24) is 10.3 Å². The molecule has 172 valence electrons. The molecule has 3 rings (SSSR count). The van der Waals surface area contributed by atoms with Crippen molar-refractivity contribution in [2.24, 2.45) is 0 Å². The fraction of sp³-hybridized carbons (Fsp3) is 0.375. The third-order valence-corrected chi connectivity index (χ3v) is 5.95. The summed E-state index contributed by atoms with van der Waals surface area (Å²) in [4.78, 5) is 22.1. The van der Waals surface area contributed by atoms with Crippen molar-refractivity contribution in [2.45, 2.75) is 38.6 Å². The van der Waals surface area contributed by atoms with Gasteiger partial charge in [-0.15, -0.1) is 0 Å². The van der Waals surface area contributed by atoms with E-state index in [-0.39, 0.29) is 6.16 Å². The molecule has 32 heavy (non-hydrogen) atoms. The molecule has 7 nitrogen and oxygen atoms in total. The van der Waals surface area contributed by atoms with Crippen LogP contribution >= 0.6 is 7.60 Å². The maximum absolute atomic E-state index is 10.9. The van der Waals surface area contributed by atoms with Gasteiger partial charge < -0.3 is 24.3 Å². The predicted molar refractivity (Wildman–Crippen MR) is 125 cm³/mol. The zero-order valence-electron chi connectivity index (χ0n) is 18.2. The van der Waals surface area contributed by atoms with Gasteiger partial charge >= 0.3 is 7.60 Å². The number of ether oxygens (including phenoxy) is 1. The Balaban J connectivity index is 1.47. The molecule has 0 saturated carbocycles. The Kier molecular flexibility index (Phi) is 9.50. The molecule has 0 aliphatic carbocycles. The number of rotatable bonds is 14. The predicted octanol–water partition coefficient (Wildman–Crippen LogP) is 4.79. The Morgan fingerprint density at radius 2 is 1.84 bits per heavy atom. The van der Waals surface area contributed by atoms with Crippen LogP contribution in [0.3, 0.4) is 0 Å². The summed E-state index contributed by atoms with van der Waals surface area (Å²) in [5.41, 5.74) is 3.18. The zero-order valence-corrected chi connectivity index (χ0v) is 19.0. The highest BCUT2D eigenvalue weighted by Crippen LogP contribution is 2.34. The van der Waals surface area contributed by atoms with E-state index in [1.54, 1.807) is 6.20 Å². The third-order valence-electron chi connectivity index (χ3n) is 5.05. The number of nitrogens with zero attached hydrogens (tertiary/aromatic N) is 1. The third kappa shape index (κ3) is 8.60. The summed E-state index contributed by atoms with van der Waals surface area (Å²) in [7, 11) is -3.94. The summed E-state index contributed by atoms with van der Waals surface area (Å²) < 4.78 is 22.5. The second kappa shape index (κ2) is 12.6. The van der Waals surface area contributed by atoms with E-state index in [1.165, 1.54) is 11.8 Å². The maximum Gasteiger partial charge on any atom is 0.325 e. The average molecular weight is 458 g/mol. The van der Waals surface area contributed by atoms with Crippen LogP contribution < -0.4 is 10.1 Å². The molecule has 0 bridgehead atoms. The van der Waals surface area contributed by atoms with E-state index in [0.29, 0.717) is 32.0 Å². The maximum atomic E-state index is 10.9. The molecule has 3 N–H and O–H groups in total. The summed E-state index contributed by atoms with van der Waals surface area (Å²) in [6.45, 7) is 1.73. The molecule has 0 aliphatic heterocycles. The molecule has 1 heterocycles. The molecule has 0 saturated heterocycles. The lowest BCUT2D eigenvalue weighted by atomic mass is 10.1. The average Bonchev–Trinajstić information content (AvgIpc) is 3.31. The highest BCUT2D eigenvalue weighted by molar-refractivity contribution is 7.51. The second-order valence-corrected chi connectivity index (χ2v) is 9.51. The lowest BCUT2D eigenvalue weighted by molar-refractivity contribution is 0.305. The number of hydrogen-bond donors (Lipinski definition) is 3. The Morgan fingerprint density at radius 1 is 1.00 bits per heavy atom. The number of benzene rings is 2. The van der Waals surface area contributed by atoms with Gasteiger partial charge in [0, 0.05) is 6.54 Å². The molecule has 2 aromatic carbocycles. The van der Waals surface area contributed by atoms with E-state index in [4.69, 9.17) is 18.9 Å². The van der Waals surface area contributed by atoms with Crippen molar-refractivity contribution >= 4 is 7.60 Å². The van der Waals surface area contributed by atoms with Crippen LogP contribution in [0.15, 0.2) is 65.4 Å². The normalized spacial score (nSPS) is 11.6. The van der Waals surface area contributed by atoms with E-state index >= 15 is 0 Å². The molecule has 0 spiro atoms. The first kappa shape index (κ1) is 24.2. The molecule has 0 radical (unpaired) electrons. The summed E-state index contributed by atoms with van der Waals surface area (Å²) in [6.07, 6.45) is 7.73. The van der Waals surface area contributed by atoms with Gasteiger partial charge in [0.25, 0.3) is 0 Å². The summed E-state index contributed by atoms with van der Waals surface area (Å²) in [5.74, 6) is 1.24. The highest BCUT2D eigenvalue weighted by atomic mass is 31.2. The van der Waals surface area contributed by atoms with Gasteiger partial charge in [-0.3, -0.25) is 4.57 Å². The van der Waals surface area contributed by atoms with E-state index in [9.17, 15) is 4.57 Å². The minimum atomic E-state index is -3.94. The van der Waals surface area contributed by atoms with Crippen LogP contribution in [-0.4, -0.2) is 34.1 Å². The van der Waals surface area contributed by atoms with Crippen LogP contribution in [0.1, 0.15) is 36.8 Å². The lowest BCUT2D eigenvalue weighted by Gasteiger charge is -2.12. The van der Waals surface area contributed by atoms with Gasteiger partial charge in [-0.05, 0) is 61.9 Å². The van der Waals surface area contributed by atoms with Crippen molar-refractivity contribution in [2.75, 3.05) is 19.3 Å². The monoisotopic (exact) mass is 458 g/mol. The summed E-state index contributed by atoms with van der Waals surface area (Å²) in [6, 6.07) is 16.4. The van der Waals surface area contributed by atoms with Gasteiger partial charge in [-0.2, -0.15) is 0 Å². The molecular formula is C24H31N2O5P. The number of hydrogen-bond acceptors (Lipinski definition) is 5. The van der Waals surface area contributed by atoms with Gasteiger partial charge in [-0.25, -0.2) is 4.98 Å². The molecular weight excluding hydrogens is 427 g/mol. The fourth-order valence-corrected chi connectivity index (χ4v) is 3.98. The molecule has 1 aromatic heterocycles. The summed E-state index contributed by atoms with van der Waals surface area (Å²) in [5, 5.41) is 3.21. The molecule has 0 unspecified atom stereocenters. The number of nitrogens with one attached hydrogen (secondary N) is 1. The first-order chi connectivity index (χ1) is 15.5. The van der Waals surface area contributed by atoms with Crippen LogP contribution in [0.4, 0.5) is 0 Å². The Labute approximate surface area is 189 Å². The summed E-state index contributed by atoms with van der Waals surface area (Å²) >= 11 is 0. The lowest BCUT2D eigenvalue weighted by Crippen LogP contribution is -2.16. The van der Waals surface area contributed by atoms with Crippen molar-refractivity contribution in [3.8, 4) is 17.2 Å². The van der Waals surface area contributed by atoms with E-state index in [2.05, 4.69) is 34.6 Å². The van der Waals surface area contributed by atoms with Crippen LogP contribution in [0, 0.1) is 0 Å². The van der Waals surface area contributed by atoms with Crippen molar-refractivity contribution in [1.29, 1.82) is 0 Å². The van der Waals surface area contributed by atoms with E-state index < -0.39 is 7.60 Å². The van der Waals surface area contributed by atoms with Crippen LogP contribution in [0.5, 0.6) is 5.75 Å². The van der Waals surface area contributed by atoms with Crippen molar-refractivity contribution in [3.05, 3.63) is 72.1 Å². The largest absolute Gasteiger partial charge is 0.493 e. The number of aryl methyl sites for hydroxylation is 1. The minimum absolute atomic E-state index is 0.111.